The van der Waals surface area contributed by atoms with Crippen LogP contribution in [0, 0.1) is 6.92 Å². The van der Waals surface area contributed by atoms with Gasteiger partial charge in [0.05, 0.1) is 25.5 Å². The molecule has 1 fully saturated rings. The van der Waals surface area contributed by atoms with Crippen molar-refractivity contribution < 1.29 is 35.9 Å². The van der Waals surface area contributed by atoms with Crippen molar-refractivity contribution in [3.05, 3.63) is 29.6 Å². The molecule has 1 aromatic heterocycles. The largest absolute Gasteiger partial charge is 0.401 e. The summed E-state index contributed by atoms with van der Waals surface area (Å²) in [5.74, 6) is -1.52. The second kappa shape index (κ2) is 13.7. The Morgan fingerprint density at radius 2 is 2.00 bits per heavy atom. The van der Waals surface area contributed by atoms with Crippen LogP contribution in [-0.2, 0) is 30.8 Å². The van der Waals surface area contributed by atoms with E-state index in [1.807, 2.05) is 23.8 Å². The fourth-order valence-corrected chi connectivity index (χ4v) is 4.81. The number of halogens is 3. The van der Waals surface area contributed by atoms with Crippen LogP contribution in [0.25, 0.3) is 0 Å². The zero-order valence-corrected chi connectivity index (χ0v) is 20.6. The van der Waals surface area contributed by atoms with Gasteiger partial charge in [-0.25, -0.2) is 8.42 Å². The summed E-state index contributed by atoms with van der Waals surface area (Å²) in [6.07, 6.45) is 0.125. The highest BCUT2D eigenvalue weighted by molar-refractivity contribution is 7.90. The molecule has 2 amide bonds. The van der Waals surface area contributed by atoms with Gasteiger partial charge in [-0.05, 0) is 44.2 Å². The minimum atomic E-state index is -4.51. The Morgan fingerprint density at radius 1 is 1.23 bits per heavy atom. The van der Waals surface area contributed by atoms with Gasteiger partial charge in [0.15, 0.2) is 0 Å². The molecule has 198 valence electrons. The predicted molar refractivity (Wildman–Crippen MR) is 123 cm³/mol. The van der Waals surface area contributed by atoms with E-state index in [0.29, 0.717) is 19.4 Å². The van der Waals surface area contributed by atoms with Crippen LogP contribution in [0.2, 0.25) is 0 Å². The molecule has 0 radical (unpaired) electrons. The van der Waals surface area contributed by atoms with Crippen LogP contribution in [0.3, 0.4) is 0 Å². The Hall–Kier alpha value is -2.25. The van der Waals surface area contributed by atoms with E-state index < -0.39 is 34.7 Å². The number of alkyl halides is 3. The normalized spacial score (nSPS) is 17.2. The van der Waals surface area contributed by atoms with Crippen molar-refractivity contribution in [1.82, 2.24) is 19.9 Å². The molecule has 0 saturated carbocycles. The van der Waals surface area contributed by atoms with Crippen LogP contribution in [0.1, 0.15) is 43.4 Å². The van der Waals surface area contributed by atoms with Crippen LogP contribution >= 0.6 is 0 Å². The second-order valence-corrected chi connectivity index (χ2v) is 10.3. The molecule has 2 rings (SSSR count). The van der Waals surface area contributed by atoms with Gasteiger partial charge in [0, 0.05) is 31.4 Å². The SMILES string of the molecule is Cc1cccnc1CCCNC(=O)CCCCCS(=O)(=O)NC(=O)C1COCCN1CC(F)(F)F. The average molecular weight is 523 g/mol. The van der Waals surface area contributed by atoms with Gasteiger partial charge in [-0.2, -0.15) is 13.2 Å². The summed E-state index contributed by atoms with van der Waals surface area (Å²) >= 11 is 0. The number of unbranched alkanes of at least 4 members (excludes halogenated alkanes) is 2. The Labute approximate surface area is 203 Å². The monoisotopic (exact) mass is 522 g/mol. The summed E-state index contributed by atoms with van der Waals surface area (Å²) in [5.41, 5.74) is 2.11. The molecule has 0 aliphatic carbocycles. The fourth-order valence-electron chi connectivity index (χ4n) is 3.68. The molecule has 1 unspecified atom stereocenters. The highest BCUT2D eigenvalue weighted by atomic mass is 32.2. The molecule has 13 heteroatoms. The Morgan fingerprint density at radius 3 is 2.71 bits per heavy atom. The molecule has 2 N–H and O–H groups in total. The fraction of sp³-hybridized carbons (Fsp3) is 0.682. The molecular formula is C22H33F3N4O5S. The van der Waals surface area contributed by atoms with Gasteiger partial charge >= 0.3 is 6.18 Å². The van der Waals surface area contributed by atoms with Crippen LogP contribution < -0.4 is 10.0 Å². The van der Waals surface area contributed by atoms with Gasteiger partial charge in [0.1, 0.15) is 6.04 Å². The smallest absolute Gasteiger partial charge is 0.378 e. The van der Waals surface area contributed by atoms with E-state index in [-0.39, 0.29) is 44.3 Å². The Kier molecular flexibility index (Phi) is 11.4. The summed E-state index contributed by atoms with van der Waals surface area (Å²) in [6, 6.07) is 2.53. The lowest BCUT2D eigenvalue weighted by molar-refractivity contribution is -0.166. The molecular weight excluding hydrogens is 489 g/mol. The van der Waals surface area contributed by atoms with Gasteiger partial charge in [-0.15, -0.1) is 0 Å². The Balaban J connectivity index is 1.62. The number of amides is 2. The number of hydrogen-bond acceptors (Lipinski definition) is 7. The summed E-state index contributed by atoms with van der Waals surface area (Å²) < 4.78 is 69.4. The standard InChI is InChI=1S/C22H33F3N4O5S/c1-17-7-5-10-26-18(17)8-6-11-27-20(30)9-3-2-4-14-35(32,33)28-21(31)19-15-34-13-12-29(19)16-22(23,24)25/h5,7,10,19H,2-4,6,8-9,11-16H2,1H3,(H,27,30)(H,28,31). The van der Waals surface area contributed by atoms with Gasteiger partial charge < -0.3 is 10.1 Å². The number of ether oxygens (including phenoxy) is 1. The lowest BCUT2D eigenvalue weighted by atomic mass is 10.1. The molecule has 1 saturated heterocycles. The predicted octanol–water partition coefficient (Wildman–Crippen LogP) is 1.71. The highest BCUT2D eigenvalue weighted by Crippen LogP contribution is 2.20. The minimum absolute atomic E-state index is 0.0318. The molecule has 0 aromatic carbocycles. The number of aromatic nitrogens is 1. The summed E-state index contributed by atoms with van der Waals surface area (Å²) in [7, 11) is -4.01. The quantitative estimate of drug-likeness (QED) is 0.379. The maximum atomic E-state index is 12.7. The first kappa shape index (κ1) is 29.0. The van der Waals surface area contributed by atoms with E-state index >= 15 is 0 Å². The van der Waals surface area contributed by atoms with Crippen molar-refractivity contribution in [1.29, 1.82) is 0 Å². The molecule has 0 spiro atoms. The summed E-state index contributed by atoms with van der Waals surface area (Å²) in [5, 5.41) is 2.82. The number of morpholine rings is 1. The van der Waals surface area contributed by atoms with Crippen molar-refractivity contribution in [3.63, 3.8) is 0 Å². The van der Waals surface area contributed by atoms with E-state index in [4.69, 9.17) is 4.74 Å². The van der Waals surface area contributed by atoms with Gasteiger partial charge in [-0.1, -0.05) is 12.5 Å². The topological polar surface area (TPSA) is 118 Å². The third-order valence-corrected chi connectivity index (χ3v) is 6.87. The van der Waals surface area contributed by atoms with Crippen molar-refractivity contribution in [3.8, 4) is 0 Å². The second-order valence-electron chi connectivity index (χ2n) is 8.49. The highest BCUT2D eigenvalue weighted by Gasteiger charge is 2.39. The van der Waals surface area contributed by atoms with Crippen LogP contribution in [0.15, 0.2) is 18.3 Å². The maximum absolute atomic E-state index is 12.7. The third-order valence-electron chi connectivity index (χ3n) is 5.53. The first-order valence-electron chi connectivity index (χ1n) is 11.6. The molecule has 1 aliphatic heterocycles. The van der Waals surface area contributed by atoms with E-state index in [9.17, 15) is 31.2 Å². The van der Waals surface area contributed by atoms with Gasteiger partial charge in [0.2, 0.25) is 15.9 Å². The number of nitrogens with one attached hydrogen (secondary N) is 2. The first-order valence-corrected chi connectivity index (χ1v) is 13.2. The van der Waals surface area contributed by atoms with E-state index in [2.05, 4.69) is 10.3 Å². The number of pyridine rings is 1. The lowest BCUT2D eigenvalue weighted by Gasteiger charge is -2.34. The number of rotatable bonds is 13. The van der Waals surface area contributed by atoms with E-state index in [1.54, 1.807) is 6.20 Å². The molecule has 2 heterocycles. The molecule has 1 aliphatic rings. The van der Waals surface area contributed by atoms with Crippen LogP contribution in [0.4, 0.5) is 13.2 Å². The average Bonchev–Trinajstić information content (AvgIpc) is 2.76. The third kappa shape index (κ3) is 11.4. The van der Waals surface area contributed by atoms with Crippen molar-refractivity contribution in [2.24, 2.45) is 0 Å². The minimum Gasteiger partial charge on any atom is -0.378 e. The zero-order chi connectivity index (χ0) is 25.9. The number of aryl methyl sites for hydroxylation is 2. The van der Waals surface area contributed by atoms with Gasteiger partial charge in [-0.3, -0.25) is 24.2 Å². The summed E-state index contributed by atoms with van der Waals surface area (Å²) in [6.45, 7) is 0.783. The number of nitrogens with zero attached hydrogens (tertiary/aromatic N) is 2. The first-order chi connectivity index (χ1) is 16.5. The number of hydrogen-bond donors (Lipinski definition) is 2. The maximum Gasteiger partial charge on any atom is 0.401 e. The molecule has 35 heavy (non-hydrogen) atoms. The zero-order valence-electron chi connectivity index (χ0n) is 19.8. The van der Waals surface area contributed by atoms with E-state index in [1.165, 1.54) is 0 Å². The molecule has 0 bridgehead atoms. The van der Waals surface area contributed by atoms with Crippen molar-refractivity contribution in [2.45, 2.75) is 57.7 Å². The molecule has 1 aromatic rings. The lowest BCUT2D eigenvalue weighted by Crippen LogP contribution is -2.56. The number of carbonyl (C=O) groups is 2. The van der Waals surface area contributed by atoms with Crippen LogP contribution in [0.5, 0.6) is 0 Å². The van der Waals surface area contributed by atoms with E-state index in [0.717, 1.165) is 29.0 Å². The molecule has 9 nitrogen and oxygen atoms in total. The molecule has 1 atom stereocenters. The number of sulfonamides is 1. The Bertz CT molecular complexity index is 943. The van der Waals surface area contributed by atoms with Gasteiger partial charge in [0.25, 0.3) is 5.91 Å². The number of carbonyl (C=O) groups excluding carboxylic acids is 2. The van der Waals surface area contributed by atoms with Crippen LogP contribution in [-0.4, -0.2) is 80.9 Å². The van der Waals surface area contributed by atoms with Crippen molar-refractivity contribution >= 4 is 21.8 Å². The van der Waals surface area contributed by atoms with Crippen molar-refractivity contribution in [2.75, 3.05) is 38.6 Å². The summed E-state index contributed by atoms with van der Waals surface area (Å²) in [4.78, 5) is 29.4.